The third kappa shape index (κ3) is 10.3. The van der Waals surface area contributed by atoms with Crippen LogP contribution in [0.3, 0.4) is 0 Å². The third-order valence-corrected chi connectivity index (χ3v) is 14.0. The minimum Gasteiger partial charge on any atom is -0.508 e. The first-order chi connectivity index (χ1) is 29.7. The van der Waals surface area contributed by atoms with Gasteiger partial charge in [0.1, 0.15) is 40.2 Å². The highest BCUT2D eigenvalue weighted by Gasteiger charge is 2.47. The third-order valence-electron chi connectivity index (χ3n) is 14.0. The van der Waals surface area contributed by atoms with Crippen LogP contribution in [0.2, 0.25) is 0 Å². The number of carbonyl (C=O) groups is 3. The quantitative estimate of drug-likeness (QED) is 0.107. The number of allylic oxidation sites excluding steroid dienone is 8. The Bertz CT molecular complexity index is 2230. The van der Waals surface area contributed by atoms with Crippen molar-refractivity contribution in [3.05, 3.63) is 92.1 Å². The number of aliphatic carboxylic acids is 1. The molecule has 4 aliphatic rings. The summed E-state index contributed by atoms with van der Waals surface area (Å²) in [5, 5.41) is 43.9. The van der Waals surface area contributed by atoms with Crippen molar-refractivity contribution in [3.63, 3.8) is 0 Å². The molecule has 5 atom stereocenters. The number of phenolic OH excluding ortho intramolecular Hbond substituents is 2. The first-order valence-electron chi connectivity index (χ1n) is 23.0. The zero-order valence-corrected chi connectivity index (χ0v) is 39.0. The van der Waals surface area contributed by atoms with Crippen LogP contribution < -0.4 is 9.47 Å². The number of aliphatic hydroxyl groups excluding tert-OH is 1. The number of amides is 2. The Balaban J connectivity index is 1.11. The topological polar surface area (TPSA) is 157 Å². The summed E-state index contributed by atoms with van der Waals surface area (Å²) in [6.45, 7) is 19.2. The average Bonchev–Trinajstić information content (AvgIpc) is 3.69. The van der Waals surface area contributed by atoms with Crippen molar-refractivity contribution in [1.29, 1.82) is 0 Å². The van der Waals surface area contributed by atoms with E-state index in [4.69, 9.17) is 9.47 Å². The van der Waals surface area contributed by atoms with Gasteiger partial charge in [-0.15, -0.1) is 0 Å². The summed E-state index contributed by atoms with van der Waals surface area (Å²) in [4.78, 5) is 43.6. The molecule has 4 heterocycles. The predicted octanol–water partition coefficient (Wildman–Crippen LogP) is 10.3. The number of rotatable bonds is 18. The number of phenols is 2. The van der Waals surface area contributed by atoms with Gasteiger partial charge in [-0.3, -0.25) is 9.59 Å². The Hall–Kier alpha value is -5.03. The lowest BCUT2D eigenvalue weighted by Crippen LogP contribution is -2.49. The van der Waals surface area contributed by atoms with Crippen LogP contribution in [-0.2, 0) is 30.7 Å². The Kier molecular flexibility index (Phi) is 14.6. The number of aliphatic hydroxyl groups is 1. The van der Waals surface area contributed by atoms with E-state index in [-0.39, 0.29) is 61.4 Å². The van der Waals surface area contributed by atoms with E-state index in [0.29, 0.717) is 59.4 Å². The van der Waals surface area contributed by atoms with Crippen molar-refractivity contribution in [2.24, 2.45) is 5.92 Å². The monoisotopic (exact) mass is 867 g/mol. The molecule has 4 aliphatic heterocycles. The highest BCUT2D eigenvalue weighted by atomic mass is 16.5. The van der Waals surface area contributed by atoms with Crippen molar-refractivity contribution in [2.45, 2.75) is 176 Å². The second kappa shape index (κ2) is 19.4. The minimum atomic E-state index is -1.20. The van der Waals surface area contributed by atoms with E-state index in [1.54, 1.807) is 11.0 Å². The van der Waals surface area contributed by atoms with Crippen molar-refractivity contribution in [3.8, 4) is 23.0 Å². The molecule has 2 aromatic rings. The standard InChI is InChI=1S/C52H70N2O9/c1-31(2)15-10-17-33(5)19-12-22-51(8)35(7)25-38-43(55)26-36-40(46(38)62-51)29-53(48(36)58)24-14-21-42(50(60)61)54-30-41-37(49(54)59)27-44(56)39-28-45(57)52(9,63-47(39)41)23-13-20-34(6)18-11-16-32(3)4/h15-16,19-20,26-27,35,42,45,55-57H,10-14,17-18,21-25,28-30H2,1-9H3,(H,60,61)/b33-19+,34-20+/t35-,42-,45-,51-,52-/m0/s1. The summed E-state index contributed by atoms with van der Waals surface area (Å²) >= 11 is 0. The molecule has 0 saturated heterocycles. The highest BCUT2D eigenvalue weighted by molar-refractivity contribution is 6.02. The molecule has 63 heavy (non-hydrogen) atoms. The number of carbonyl (C=O) groups excluding carboxylic acids is 2. The fourth-order valence-electron chi connectivity index (χ4n) is 9.62. The van der Waals surface area contributed by atoms with Crippen LogP contribution in [0.1, 0.15) is 169 Å². The van der Waals surface area contributed by atoms with Gasteiger partial charge in [-0.2, -0.15) is 0 Å². The largest absolute Gasteiger partial charge is 0.508 e. The van der Waals surface area contributed by atoms with Crippen LogP contribution in [0.25, 0.3) is 0 Å². The zero-order chi connectivity index (χ0) is 46.0. The summed E-state index contributed by atoms with van der Waals surface area (Å²) in [7, 11) is 0. The van der Waals surface area contributed by atoms with E-state index in [1.165, 1.54) is 33.3 Å². The normalized spacial score (nSPS) is 23.3. The maximum absolute atomic E-state index is 13.9. The van der Waals surface area contributed by atoms with E-state index in [9.17, 15) is 34.8 Å². The second-order valence-corrected chi connectivity index (χ2v) is 19.6. The fourth-order valence-corrected chi connectivity index (χ4v) is 9.62. The van der Waals surface area contributed by atoms with Crippen LogP contribution in [0.4, 0.5) is 0 Å². The smallest absolute Gasteiger partial charge is 0.326 e. The number of benzene rings is 2. The number of carboxylic acid groups (broad SMARTS) is 1. The fraction of sp³-hybridized carbons (Fsp3) is 0.558. The Morgan fingerprint density at radius 2 is 1.25 bits per heavy atom. The molecule has 2 amide bonds. The van der Waals surface area contributed by atoms with Gasteiger partial charge in [0.15, 0.2) is 0 Å². The van der Waals surface area contributed by atoms with Gasteiger partial charge in [0.2, 0.25) is 0 Å². The molecule has 0 saturated carbocycles. The van der Waals surface area contributed by atoms with Gasteiger partial charge >= 0.3 is 5.97 Å². The maximum atomic E-state index is 13.9. The van der Waals surface area contributed by atoms with Crippen molar-refractivity contribution in [1.82, 2.24) is 9.80 Å². The minimum absolute atomic E-state index is 0.0252. The van der Waals surface area contributed by atoms with Gasteiger partial charge in [0.05, 0.1) is 30.3 Å². The van der Waals surface area contributed by atoms with Crippen LogP contribution in [-0.4, -0.2) is 77.9 Å². The molecule has 0 spiro atoms. The molecule has 0 radical (unpaired) electrons. The van der Waals surface area contributed by atoms with Crippen LogP contribution in [0.15, 0.2) is 58.7 Å². The Morgan fingerprint density at radius 3 is 1.81 bits per heavy atom. The van der Waals surface area contributed by atoms with E-state index in [0.717, 1.165) is 44.1 Å². The van der Waals surface area contributed by atoms with Crippen molar-refractivity contribution in [2.75, 3.05) is 6.54 Å². The van der Waals surface area contributed by atoms with E-state index >= 15 is 0 Å². The molecule has 0 fully saturated rings. The van der Waals surface area contributed by atoms with Gasteiger partial charge in [-0.25, -0.2) is 4.79 Å². The molecule has 342 valence electrons. The lowest BCUT2D eigenvalue weighted by atomic mass is 9.78. The summed E-state index contributed by atoms with van der Waals surface area (Å²) in [5.41, 5.74) is 6.65. The molecular formula is C52H70N2O9. The molecule has 4 N–H and O–H groups in total. The first-order valence-corrected chi connectivity index (χ1v) is 23.0. The summed E-state index contributed by atoms with van der Waals surface area (Å²) < 4.78 is 13.3. The number of hydrogen-bond acceptors (Lipinski definition) is 8. The second-order valence-electron chi connectivity index (χ2n) is 19.6. The Morgan fingerprint density at radius 1 is 0.746 bits per heavy atom. The van der Waals surface area contributed by atoms with Crippen LogP contribution in [0, 0.1) is 5.92 Å². The van der Waals surface area contributed by atoms with Gasteiger partial charge < -0.3 is 39.7 Å². The molecule has 11 heteroatoms. The van der Waals surface area contributed by atoms with E-state index < -0.39 is 35.2 Å². The molecule has 0 aromatic heterocycles. The van der Waals surface area contributed by atoms with Gasteiger partial charge in [0.25, 0.3) is 11.8 Å². The predicted molar refractivity (Wildman–Crippen MR) is 245 cm³/mol. The highest BCUT2D eigenvalue weighted by Crippen LogP contribution is 2.49. The number of hydrogen-bond donors (Lipinski definition) is 4. The number of nitrogens with zero attached hydrogens (tertiary/aromatic N) is 2. The van der Waals surface area contributed by atoms with Gasteiger partial charge in [0, 0.05) is 35.2 Å². The maximum Gasteiger partial charge on any atom is 0.326 e. The molecule has 6 rings (SSSR count). The van der Waals surface area contributed by atoms with Crippen molar-refractivity contribution < 1.29 is 44.3 Å². The van der Waals surface area contributed by atoms with E-state index in [2.05, 4.69) is 79.7 Å². The van der Waals surface area contributed by atoms with Crippen molar-refractivity contribution >= 4 is 17.8 Å². The summed E-state index contributed by atoms with van der Waals surface area (Å²) in [5.74, 6) is -1.02. The SMILES string of the molecule is CC(C)=CCC/C(C)=C/CC[C@]1(C)Oc2c(c(O)cc3c2CN(CCC[C@@H](C(=O)O)N2Cc4c(cc(O)c5c4O[C@@](C)(CC/C=C(\C)CCC=C(C)C)[C@@H](O)C5)C2=O)C3=O)C[C@@H]1C. The van der Waals surface area contributed by atoms with Crippen LogP contribution in [0.5, 0.6) is 23.0 Å². The number of fused-ring (bicyclic) bond motifs is 6. The molecule has 0 bridgehead atoms. The average molecular weight is 867 g/mol. The zero-order valence-electron chi connectivity index (χ0n) is 39.0. The number of aromatic hydroxyl groups is 2. The lowest BCUT2D eigenvalue weighted by molar-refractivity contribution is -0.142. The number of ether oxygens (including phenoxy) is 2. The van der Waals surface area contributed by atoms with Gasteiger partial charge in [-0.1, -0.05) is 53.5 Å². The summed E-state index contributed by atoms with van der Waals surface area (Å²) in [6.07, 6.45) is 15.9. The molecule has 0 aliphatic carbocycles. The first kappa shape index (κ1) is 47.4. The summed E-state index contributed by atoms with van der Waals surface area (Å²) in [6, 6.07) is 1.71. The molecular weight excluding hydrogens is 797 g/mol. The Labute approximate surface area is 374 Å². The van der Waals surface area contributed by atoms with Crippen LogP contribution >= 0.6 is 0 Å². The molecule has 2 aromatic carbocycles. The molecule has 0 unspecified atom stereocenters. The lowest BCUT2D eigenvalue weighted by Gasteiger charge is -2.42. The number of carboxylic acids is 1. The van der Waals surface area contributed by atoms with Gasteiger partial charge in [-0.05, 0) is 144 Å². The molecule has 11 nitrogen and oxygen atoms in total. The van der Waals surface area contributed by atoms with E-state index in [1.807, 2.05) is 6.92 Å².